The Morgan fingerprint density at radius 3 is 2.33 bits per heavy atom. The van der Waals surface area contributed by atoms with Gasteiger partial charge in [0.1, 0.15) is 11.6 Å². The Balaban J connectivity index is 2.14. The van der Waals surface area contributed by atoms with Gasteiger partial charge in [-0.15, -0.1) is 0 Å². The van der Waals surface area contributed by atoms with Crippen molar-refractivity contribution in [3.05, 3.63) is 35.9 Å². The molecule has 1 N–H and O–H groups in total. The Hall–Kier alpha value is -2.37. The molecule has 2 atom stereocenters. The van der Waals surface area contributed by atoms with Crippen LogP contribution in [0.5, 0.6) is 0 Å². The van der Waals surface area contributed by atoms with E-state index in [-0.39, 0.29) is 17.6 Å². The van der Waals surface area contributed by atoms with Crippen LogP contribution in [-0.2, 0) is 9.53 Å². The fraction of sp³-hybridized carbons (Fsp3) is 0.571. The quantitative estimate of drug-likeness (QED) is 0.802. The second-order valence-corrected chi connectivity index (χ2v) is 8.29. The number of nitrogens with zero attached hydrogens (tertiary/aromatic N) is 1. The molecule has 2 rings (SSSR count). The van der Waals surface area contributed by atoms with E-state index in [1.54, 1.807) is 37.8 Å². The van der Waals surface area contributed by atoms with E-state index in [1.165, 1.54) is 0 Å². The van der Waals surface area contributed by atoms with Crippen LogP contribution in [0.1, 0.15) is 57.8 Å². The number of alkyl carbamates (subject to hydrolysis) is 1. The fourth-order valence-electron chi connectivity index (χ4n) is 3.22. The summed E-state index contributed by atoms with van der Waals surface area (Å²) in [5.41, 5.74) is -0.0444. The zero-order valence-corrected chi connectivity index (χ0v) is 16.8. The maximum atomic E-state index is 13.1. The minimum Gasteiger partial charge on any atom is -0.444 e. The molecule has 0 radical (unpaired) electrons. The molecule has 0 aromatic heterocycles. The maximum Gasteiger partial charge on any atom is 0.408 e. The number of amides is 2. The first kappa shape index (κ1) is 20.9. The van der Waals surface area contributed by atoms with E-state index in [0.29, 0.717) is 18.5 Å². The molecular formula is C21H30N2O4. The van der Waals surface area contributed by atoms with Crippen molar-refractivity contribution in [2.24, 2.45) is 5.92 Å². The van der Waals surface area contributed by atoms with Gasteiger partial charge in [0.25, 0.3) is 0 Å². The Kier molecular flexibility index (Phi) is 6.63. The molecule has 0 saturated carbocycles. The van der Waals surface area contributed by atoms with E-state index >= 15 is 0 Å². The van der Waals surface area contributed by atoms with Crippen molar-refractivity contribution in [1.82, 2.24) is 10.2 Å². The van der Waals surface area contributed by atoms with Crippen molar-refractivity contribution >= 4 is 17.8 Å². The fourth-order valence-corrected chi connectivity index (χ4v) is 3.22. The van der Waals surface area contributed by atoms with Crippen LogP contribution in [0.15, 0.2) is 30.3 Å². The standard InChI is InChI=1S/C21H30N2O4/c1-14(2)17(22-20(26)27-21(3,4)5)19(25)23-13-9-12-16(23)18(24)15-10-7-6-8-11-15/h6-8,10-11,14,16-17H,9,12-13H2,1-5H3,(H,22,26). The molecule has 2 unspecified atom stereocenters. The van der Waals surface area contributed by atoms with Crippen molar-refractivity contribution in [1.29, 1.82) is 0 Å². The lowest BCUT2D eigenvalue weighted by molar-refractivity contribution is -0.134. The summed E-state index contributed by atoms with van der Waals surface area (Å²) in [6, 6.07) is 7.80. The minimum atomic E-state index is -0.732. The molecule has 0 bridgehead atoms. The molecule has 1 aliphatic rings. The van der Waals surface area contributed by atoms with Gasteiger partial charge in [0.15, 0.2) is 5.78 Å². The molecule has 1 aromatic rings. The van der Waals surface area contributed by atoms with Gasteiger partial charge in [-0.3, -0.25) is 9.59 Å². The highest BCUT2D eigenvalue weighted by molar-refractivity contribution is 6.02. The average Bonchev–Trinajstić information content (AvgIpc) is 3.07. The first-order valence-corrected chi connectivity index (χ1v) is 9.49. The number of ether oxygens (including phenoxy) is 1. The summed E-state index contributed by atoms with van der Waals surface area (Å²) < 4.78 is 5.29. The molecule has 148 valence electrons. The first-order chi connectivity index (χ1) is 12.6. The number of likely N-dealkylation sites (tertiary alicyclic amines) is 1. The molecule has 1 heterocycles. The third-order valence-electron chi connectivity index (χ3n) is 4.50. The van der Waals surface area contributed by atoms with E-state index in [1.807, 2.05) is 32.0 Å². The van der Waals surface area contributed by atoms with Gasteiger partial charge >= 0.3 is 6.09 Å². The van der Waals surface area contributed by atoms with Crippen LogP contribution in [0.2, 0.25) is 0 Å². The monoisotopic (exact) mass is 374 g/mol. The molecule has 1 fully saturated rings. The largest absolute Gasteiger partial charge is 0.444 e. The molecule has 1 saturated heterocycles. The Labute approximate surface area is 161 Å². The lowest BCUT2D eigenvalue weighted by Crippen LogP contribution is -2.54. The van der Waals surface area contributed by atoms with Gasteiger partial charge in [-0.1, -0.05) is 44.2 Å². The third-order valence-corrected chi connectivity index (χ3v) is 4.50. The van der Waals surface area contributed by atoms with Crippen LogP contribution in [0, 0.1) is 5.92 Å². The number of Topliss-reactive ketones (excluding diaryl/α,β-unsaturated/α-hetero) is 1. The summed E-state index contributed by atoms with van der Waals surface area (Å²) in [6.07, 6.45) is 0.780. The first-order valence-electron chi connectivity index (χ1n) is 9.49. The summed E-state index contributed by atoms with van der Waals surface area (Å²) in [7, 11) is 0. The number of benzene rings is 1. The summed E-state index contributed by atoms with van der Waals surface area (Å²) in [5, 5.41) is 2.69. The smallest absolute Gasteiger partial charge is 0.408 e. The van der Waals surface area contributed by atoms with E-state index in [2.05, 4.69) is 5.32 Å². The van der Waals surface area contributed by atoms with Crippen LogP contribution in [0.3, 0.4) is 0 Å². The number of nitrogens with one attached hydrogen (secondary N) is 1. The number of carbonyl (C=O) groups excluding carboxylic acids is 3. The molecule has 0 aliphatic carbocycles. The molecule has 2 amide bonds. The van der Waals surface area contributed by atoms with Crippen LogP contribution in [-0.4, -0.2) is 46.9 Å². The molecule has 6 nitrogen and oxygen atoms in total. The summed E-state index contributed by atoms with van der Waals surface area (Å²) in [6.45, 7) is 9.56. The van der Waals surface area contributed by atoms with Gasteiger partial charge in [-0.2, -0.15) is 0 Å². The van der Waals surface area contributed by atoms with Gasteiger partial charge in [0.2, 0.25) is 5.91 Å². The van der Waals surface area contributed by atoms with Crippen molar-refractivity contribution in [3.8, 4) is 0 Å². The maximum absolute atomic E-state index is 13.1. The zero-order valence-electron chi connectivity index (χ0n) is 16.8. The van der Waals surface area contributed by atoms with Crippen molar-refractivity contribution in [2.75, 3.05) is 6.54 Å². The highest BCUT2D eigenvalue weighted by atomic mass is 16.6. The number of carbonyl (C=O) groups is 3. The highest BCUT2D eigenvalue weighted by Gasteiger charge is 2.39. The van der Waals surface area contributed by atoms with Gasteiger partial charge < -0.3 is 15.0 Å². The second-order valence-electron chi connectivity index (χ2n) is 8.29. The predicted octanol–water partition coefficient (Wildman–Crippen LogP) is 3.41. The molecule has 1 aliphatic heterocycles. The lowest BCUT2D eigenvalue weighted by atomic mass is 9.99. The van der Waals surface area contributed by atoms with E-state index < -0.39 is 23.8 Å². The SMILES string of the molecule is CC(C)C(NC(=O)OC(C)(C)C)C(=O)N1CCCC1C(=O)c1ccccc1. The normalized spacial score (nSPS) is 18.3. The van der Waals surface area contributed by atoms with Gasteiger partial charge in [0, 0.05) is 12.1 Å². The Bertz CT molecular complexity index is 679. The summed E-state index contributed by atoms with van der Waals surface area (Å²) >= 11 is 0. The minimum absolute atomic E-state index is 0.0544. The number of rotatable bonds is 5. The second kappa shape index (κ2) is 8.55. The van der Waals surface area contributed by atoms with Crippen LogP contribution in [0.4, 0.5) is 4.79 Å². The Morgan fingerprint density at radius 2 is 1.78 bits per heavy atom. The molecular weight excluding hydrogens is 344 g/mol. The summed E-state index contributed by atoms with van der Waals surface area (Å²) in [5.74, 6) is -0.415. The van der Waals surface area contributed by atoms with E-state index in [4.69, 9.17) is 4.74 Å². The topological polar surface area (TPSA) is 75.7 Å². The lowest BCUT2D eigenvalue weighted by Gasteiger charge is -2.31. The Morgan fingerprint density at radius 1 is 1.15 bits per heavy atom. The van der Waals surface area contributed by atoms with Crippen molar-refractivity contribution in [3.63, 3.8) is 0 Å². The number of hydrogen-bond acceptors (Lipinski definition) is 4. The molecule has 0 spiro atoms. The summed E-state index contributed by atoms with van der Waals surface area (Å²) in [4.78, 5) is 39.8. The third kappa shape index (κ3) is 5.55. The van der Waals surface area contributed by atoms with Crippen molar-refractivity contribution < 1.29 is 19.1 Å². The van der Waals surface area contributed by atoms with Crippen molar-refractivity contribution in [2.45, 2.75) is 65.1 Å². The van der Waals surface area contributed by atoms with Gasteiger partial charge in [-0.05, 0) is 39.5 Å². The average molecular weight is 374 g/mol. The predicted molar refractivity (Wildman–Crippen MR) is 104 cm³/mol. The zero-order chi connectivity index (χ0) is 20.2. The molecule has 6 heteroatoms. The van der Waals surface area contributed by atoms with Gasteiger partial charge in [-0.25, -0.2) is 4.79 Å². The molecule has 1 aromatic carbocycles. The molecule has 27 heavy (non-hydrogen) atoms. The van der Waals surface area contributed by atoms with Crippen LogP contribution < -0.4 is 5.32 Å². The van der Waals surface area contributed by atoms with Gasteiger partial charge in [0.05, 0.1) is 6.04 Å². The van der Waals surface area contributed by atoms with Crippen LogP contribution in [0.25, 0.3) is 0 Å². The number of hydrogen-bond donors (Lipinski definition) is 1. The van der Waals surface area contributed by atoms with E-state index in [0.717, 1.165) is 6.42 Å². The highest BCUT2D eigenvalue weighted by Crippen LogP contribution is 2.23. The van der Waals surface area contributed by atoms with Crippen LogP contribution >= 0.6 is 0 Å². The van der Waals surface area contributed by atoms with E-state index in [9.17, 15) is 14.4 Å². The number of ketones is 1.